The third kappa shape index (κ3) is 7.45. The Hall–Kier alpha value is -3.12. The van der Waals surface area contributed by atoms with E-state index >= 15 is 0 Å². The van der Waals surface area contributed by atoms with E-state index in [-0.39, 0.29) is 18.4 Å². The van der Waals surface area contributed by atoms with E-state index < -0.39 is 6.04 Å². The Morgan fingerprint density at radius 2 is 1.65 bits per heavy atom. The number of halogens is 1. The van der Waals surface area contributed by atoms with Crippen LogP contribution in [0.15, 0.2) is 83.3 Å². The molecule has 2 amide bonds. The normalized spacial score (nSPS) is 11.5. The van der Waals surface area contributed by atoms with Crippen LogP contribution in [0, 0.1) is 6.92 Å². The quantitative estimate of drug-likeness (QED) is 0.371. The molecule has 0 aromatic heterocycles. The fraction of sp³-hybridized carbons (Fsp3) is 0.286. The van der Waals surface area contributed by atoms with Crippen LogP contribution in [-0.4, -0.2) is 35.9 Å². The lowest BCUT2D eigenvalue weighted by Crippen LogP contribution is -2.51. The number of nitrogens with one attached hydrogen (secondary N) is 1. The SMILES string of the molecule is CCCNC(=O)[C@H](Cc1ccccc1)N(Cc1ccccc1C)C(=O)COc1ccc(Br)cc1. The topological polar surface area (TPSA) is 58.6 Å². The zero-order valence-electron chi connectivity index (χ0n) is 19.7. The molecule has 3 aromatic carbocycles. The lowest BCUT2D eigenvalue weighted by atomic mass is 10.0. The van der Waals surface area contributed by atoms with E-state index in [2.05, 4.69) is 21.2 Å². The molecule has 0 bridgehead atoms. The number of aryl methyl sites for hydroxylation is 1. The van der Waals surface area contributed by atoms with E-state index in [4.69, 9.17) is 4.74 Å². The highest BCUT2D eigenvalue weighted by Gasteiger charge is 2.30. The molecule has 3 aromatic rings. The van der Waals surface area contributed by atoms with Crippen LogP contribution in [0.3, 0.4) is 0 Å². The van der Waals surface area contributed by atoms with Crippen LogP contribution in [0.1, 0.15) is 30.0 Å². The van der Waals surface area contributed by atoms with E-state index in [9.17, 15) is 9.59 Å². The van der Waals surface area contributed by atoms with E-state index in [1.54, 1.807) is 17.0 Å². The number of ether oxygens (including phenoxy) is 1. The molecule has 1 atom stereocenters. The first-order valence-electron chi connectivity index (χ1n) is 11.5. The fourth-order valence-electron chi connectivity index (χ4n) is 3.65. The molecule has 6 heteroatoms. The first-order valence-corrected chi connectivity index (χ1v) is 12.3. The summed E-state index contributed by atoms with van der Waals surface area (Å²) in [6.07, 6.45) is 1.24. The zero-order chi connectivity index (χ0) is 24.3. The van der Waals surface area contributed by atoms with Crippen molar-refractivity contribution in [3.63, 3.8) is 0 Å². The molecular weight excluding hydrogens is 492 g/mol. The Bertz CT molecular complexity index is 1070. The molecule has 5 nitrogen and oxygen atoms in total. The minimum Gasteiger partial charge on any atom is -0.484 e. The molecule has 0 unspecified atom stereocenters. The van der Waals surface area contributed by atoms with Crippen LogP contribution in [-0.2, 0) is 22.6 Å². The van der Waals surface area contributed by atoms with Gasteiger partial charge in [-0.25, -0.2) is 0 Å². The highest BCUT2D eigenvalue weighted by molar-refractivity contribution is 9.10. The largest absolute Gasteiger partial charge is 0.484 e. The monoisotopic (exact) mass is 522 g/mol. The van der Waals surface area contributed by atoms with Gasteiger partial charge in [-0.1, -0.05) is 77.5 Å². The van der Waals surface area contributed by atoms with Crippen LogP contribution in [0.5, 0.6) is 5.75 Å². The molecule has 0 saturated heterocycles. The Kier molecular flexibility index (Phi) is 9.71. The molecule has 0 heterocycles. The number of hydrogen-bond acceptors (Lipinski definition) is 3. The number of carbonyl (C=O) groups excluding carboxylic acids is 2. The molecule has 178 valence electrons. The Balaban J connectivity index is 1.89. The summed E-state index contributed by atoms with van der Waals surface area (Å²) in [5.41, 5.74) is 3.07. The minimum atomic E-state index is -0.658. The van der Waals surface area contributed by atoms with Crippen LogP contribution in [0.25, 0.3) is 0 Å². The minimum absolute atomic E-state index is 0.153. The predicted octanol–water partition coefficient (Wildman–Crippen LogP) is 5.30. The van der Waals surface area contributed by atoms with Crippen LogP contribution < -0.4 is 10.1 Å². The van der Waals surface area contributed by atoms with Crippen molar-refractivity contribution >= 4 is 27.7 Å². The van der Waals surface area contributed by atoms with Crippen molar-refractivity contribution in [3.05, 3.63) is 100 Å². The van der Waals surface area contributed by atoms with Gasteiger partial charge < -0.3 is 15.0 Å². The first kappa shape index (κ1) is 25.5. The molecule has 0 aliphatic carbocycles. The van der Waals surface area contributed by atoms with Gasteiger partial charge in [0, 0.05) is 24.0 Å². The summed E-state index contributed by atoms with van der Waals surface area (Å²) in [5, 5.41) is 2.99. The van der Waals surface area contributed by atoms with Crippen molar-refractivity contribution in [3.8, 4) is 5.75 Å². The molecule has 0 radical (unpaired) electrons. The van der Waals surface area contributed by atoms with Crippen molar-refractivity contribution in [2.45, 2.75) is 39.3 Å². The number of nitrogens with zero attached hydrogens (tertiary/aromatic N) is 1. The lowest BCUT2D eigenvalue weighted by Gasteiger charge is -2.32. The Labute approximate surface area is 210 Å². The third-order valence-electron chi connectivity index (χ3n) is 5.60. The maximum atomic E-state index is 13.5. The van der Waals surface area contributed by atoms with Gasteiger partial charge in [0.2, 0.25) is 5.91 Å². The second-order valence-corrected chi connectivity index (χ2v) is 9.10. The number of amides is 2. The molecule has 0 aliphatic rings. The van der Waals surface area contributed by atoms with Crippen LogP contribution in [0.4, 0.5) is 0 Å². The summed E-state index contributed by atoms with van der Waals surface area (Å²) in [6, 6.07) is 24.4. The van der Waals surface area contributed by atoms with Gasteiger partial charge in [0.1, 0.15) is 11.8 Å². The average molecular weight is 523 g/mol. The van der Waals surface area contributed by atoms with Gasteiger partial charge in [-0.15, -0.1) is 0 Å². The summed E-state index contributed by atoms with van der Waals surface area (Å²) in [6.45, 7) is 4.76. The summed E-state index contributed by atoms with van der Waals surface area (Å²) >= 11 is 3.40. The van der Waals surface area contributed by atoms with Crippen LogP contribution >= 0.6 is 15.9 Å². The second-order valence-electron chi connectivity index (χ2n) is 8.19. The average Bonchev–Trinajstić information content (AvgIpc) is 2.85. The summed E-state index contributed by atoms with van der Waals surface area (Å²) in [5.74, 6) is 0.206. The molecule has 0 saturated carbocycles. The predicted molar refractivity (Wildman–Crippen MR) is 139 cm³/mol. The van der Waals surface area contributed by atoms with Gasteiger partial charge in [0.15, 0.2) is 6.61 Å². The summed E-state index contributed by atoms with van der Waals surface area (Å²) in [7, 11) is 0. The van der Waals surface area contributed by atoms with Crippen molar-refractivity contribution < 1.29 is 14.3 Å². The molecule has 0 spiro atoms. The molecule has 0 fully saturated rings. The third-order valence-corrected chi connectivity index (χ3v) is 6.13. The van der Waals surface area contributed by atoms with Gasteiger partial charge in [-0.3, -0.25) is 9.59 Å². The highest BCUT2D eigenvalue weighted by Crippen LogP contribution is 2.19. The Morgan fingerprint density at radius 3 is 2.32 bits per heavy atom. The molecule has 3 rings (SSSR count). The molecule has 34 heavy (non-hydrogen) atoms. The van der Waals surface area contributed by atoms with Gasteiger partial charge in [0.05, 0.1) is 0 Å². The maximum Gasteiger partial charge on any atom is 0.261 e. The van der Waals surface area contributed by atoms with Crippen molar-refractivity contribution in [1.82, 2.24) is 10.2 Å². The number of carbonyl (C=O) groups is 2. The molecule has 1 N–H and O–H groups in total. The number of rotatable bonds is 11. The van der Waals surface area contributed by atoms with Gasteiger partial charge in [-0.2, -0.15) is 0 Å². The van der Waals surface area contributed by atoms with Gasteiger partial charge in [-0.05, 0) is 54.3 Å². The number of hydrogen-bond donors (Lipinski definition) is 1. The van der Waals surface area contributed by atoms with Crippen LogP contribution in [0.2, 0.25) is 0 Å². The van der Waals surface area contributed by atoms with Crippen molar-refractivity contribution in [1.29, 1.82) is 0 Å². The standard InChI is InChI=1S/C28H31BrN2O3/c1-3-17-30-28(33)26(18-22-10-5-4-6-11-22)31(19-23-12-8-7-9-21(23)2)27(32)20-34-25-15-13-24(29)14-16-25/h4-16,26H,3,17-20H2,1-2H3,(H,30,33)/t26-/m0/s1. The zero-order valence-corrected chi connectivity index (χ0v) is 21.3. The van der Waals surface area contributed by atoms with Gasteiger partial charge >= 0.3 is 0 Å². The van der Waals surface area contributed by atoms with Gasteiger partial charge in [0.25, 0.3) is 5.91 Å². The smallest absolute Gasteiger partial charge is 0.261 e. The highest BCUT2D eigenvalue weighted by atomic mass is 79.9. The van der Waals surface area contributed by atoms with Crippen molar-refractivity contribution in [2.24, 2.45) is 0 Å². The Morgan fingerprint density at radius 1 is 0.971 bits per heavy atom. The van der Waals surface area contributed by atoms with E-state index in [0.717, 1.165) is 27.6 Å². The fourth-order valence-corrected chi connectivity index (χ4v) is 3.91. The second kappa shape index (κ2) is 12.9. The van der Waals surface area contributed by atoms with E-state index in [0.29, 0.717) is 25.3 Å². The maximum absolute atomic E-state index is 13.5. The summed E-state index contributed by atoms with van der Waals surface area (Å²) < 4.78 is 6.72. The number of benzene rings is 3. The van der Waals surface area contributed by atoms with Crippen molar-refractivity contribution in [2.75, 3.05) is 13.2 Å². The lowest BCUT2D eigenvalue weighted by molar-refractivity contribution is -0.142. The van der Waals surface area contributed by atoms with E-state index in [1.165, 1.54) is 0 Å². The van der Waals surface area contributed by atoms with E-state index in [1.807, 2.05) is 80.6 Å². The molecule has 0 aliphatic heterocycles. The first-order chi connectivity index (χ1) is 16.5. The molecular formula is C28H31BrN2O3. The summed E-state index contributed by atoms with van der Waals surface area (Å²) in [4.78, 5) is 28.5.